The molecule has 0 saturated carbocycles. The molecule has 2 aliphatic rings. The molecule has 1 aromatic rings. The van der Waals surface area contributed by atoms with Crippen molar-refractivity contribution in [1.29, 1.82) is 0 Å². The van der Waals surface area contributed by atoms with Crippen LogP contribution in [0.4, 0.5) is 58.4 Å². The standard InChI is InChI=1S/C20H21F12NO2.C4H8O.2ClH.W/c1-10(2)12-6-5-7-13(11(3)4)14(12)33(8-15(34,17(21,22)23)18(24,25)26)9-16(35,19(27,28)29)20(30,31)32;1-2-4-5-3-1;;;/h5-7,10-11H,8-9H2,1-4H3;1-4H2;2*1H;/q-2;;;;+4/p-2. The van der Waals surface area contributed by atoms with Gasteiger partial charge in [0.25, 0.3) is 0 Å². The molecule has 2 saturated heterocycles. The van der Waals surface area contributed by atoms with E-state index in [9.17, 15) is 52.7 Å². The van der Waals surface area contributed by atoms with E-state index in [1.54, 1.807) is 0 Å². The zero-order valence-electron chi connectivity index (χ0n) is 23.0. The second kappa shape index (κ2) is 13.2. The van der Waals surface area contributed by atoms with Crippen LogP contribution in [0.1, 0.15) is 63.5 Å². The van der Waals surface area contributed by atoms with Gasteiger partial charge in [0, 0.05) is 13.2 Å². The van der Waals surface area contributed by atoms with Gasteiger partial charge in [0.05, 0.1) is 0 Å². The molecule has 0 bridgehead atoms. The second-order valence-electron chi connectivity index (χ2n) is 10.5. The summed E-state index contributed by atoms with van der Waals surface area (Å²) in [4.78, 5) is -0.277. The fourth-order valence-electron chi connectivity index (χ4n) is 4.41. The number of nitrogens with zero attached hydrogens (tertiary/aromatic N) is 1. The molecule has 2 aliphatic heterocycles. The van der Waals surface area contributed by atoms with Crippen molar-refractivity contribution >= 4 is 24.5 Å². The number of rotatable bonds is 3. The summed E-state index contributed by atoms with van der Waals surface area (Å²) in [7, 11) is 10.6. The molecule has 0 N–H and O–H groups in total. The normalized spacial score (nSPS) is 22.1. The molecular formula is C24H29Cl2F12NO3W. The Balaban J connectivity index is 0.00000116. The number of alkyl halides is 12. The van der Waals surface area contributed by atoms with Gasteiger partial charge < -0.3 is 4.74 Å². The van der Waals surface area contributed by atoms with Crippen LogP contribution in [0.3, 0.4) is 0 Å². The Morgan fingerprint density at radius 1 is 0.674 bits per heavy atom. The third kappa shape index (κ3) is 8.19. The van der Waals surface area contributed by atoms with E-state index in [1.165, 1.54) is 58.7 Å². The first kappa shape index (κ1) is 38.5. The molecule has 0 radical (unpaired) electrons. The van der Waals surface area contributed by atoms with Crippen molar-refractivity contribution < 1.29 is 78.9 Å². The Bertz CT molecular complexity index is 979. The van der Waals surface area contributed by atoms with Gasteiger partial charge in [-0.3, -0.25) is 0 Å². The number of hydrogen-bond donors (Lipinski definition) is 0. The molecule has 0 atom stereocenters. The van der Waals surface area contributed by atoms with Crippen LogP contribution in [0.5, 0.6) is 0 Å². The van der Waals surface area contributed by atoms with Gasteiger partial charge in [-0.05, 0) is 12.8 Å². The fourth-order valence-corrected chi connectivity index (χ4v) is 12.2. The maximum absolute atomic E-state index is 14.2. The Morgan fingerprint density at radius 3 is 1.23 bits per heavy atom. The van der Waals surface area contributed by atoms with Gasteiger partial charge in [-0.15, -0.1) is 0 Å². The Morgan fingerprint density at radius 2 is 1.00 bits per heavy atom. The quantitative estimate of drug-likeness (QED) is 0.284. The van der Waals surface area contributed by atoms with Crippen LogP contribution in [-0.2, 0) is 26.3 Å². The van der Waals surface area contributed by atoms with Gasteiger partial charge in [0.2, 0.25) is 0 Å². The molecule has 0 amide bonds. The molecule has 19 heteroatoms. The van der Waals surface area contributed by atoms with Gasteiger partial charge >= 0.3 is 221 Å². The van der Waals surface area contributed by atoms with E-state index in [2.05, 4.69) is 6.78 Å². The third-order valence-electron chi connectivity index (χ3n) is 6.62. The van der Waals surface area contributed by atoms with Crippen molar-refractivity contribution in [2.75, 3.05) is 31.2 Å². The zero-order valence-corrected chi connectivity index (χ0v) is 27.4. The minimum absolute atomic E-state index is 0.111. The number of ether oxygens (including phenoxy) is 1. The Hall–Kier alpha value is -0.672. The average Bonchev–Trinajstić information content (AvgIpc) is 3.37. The van der Waals surface area contributed by atoms with Crippen LogP contribution in [0.25, 0.3) is 0 Å². The van der Waals surface area contributed by atoms with Crippen molar-refractivity contribution in [3.8, 4) is 0 Å². The van der Waals surface area contributed by atoms with Gasteiger partial charge in [0.1, 0.15) is 0 Å². The summed E-state index contributed by atoms with van der Waals surface area (Å²) >= 11 is -7.47. The summed E-state index contributed by atoms with van der Waals surface area (Å²) < 4.78 is 183. The maximum atomic E-state index is 14.2. The van der Waals surface area contributed by atoms with Crippen LogP contribution in [0.15, 0.2) is 18.2 Å². The van der Waals surface area contributed by atoms with E-state index in [1.807, 2.05) is 0 Å². The SMILES string of the molecule is C1CCOC1.CC(C)c1cccc(C(C)C)c1N1CC(C(F)(F)F)(C(F)(F)F)[O][W]([Cl])([Cl])[O]C(C(F)(F)F)(C(F)(F)F)C1. The molecule has 4 nitrogen and oxygen atoms in total. The van der Waals surface area contributed by atoms with Crippen molar-refractivity contribution in [1.82, 2.24) is 0 Å². The first-order valence-corrected chi connectivity index (χ1v) is 22.3. The van der Waals surface area contributed by atoms with Crippen LogP contribution in [0.2, 0.25) is 0 Å². The molecule has 0 spiro atoms. The monoisotopic (exact) mass is 861 g/mol. The molecule has 0 aliphatic carbocycles. The number of hydrogen-bond acceptors (Lipinski definition) is 4. The van der Waals surface area contributed by atoms with Crippen LogP contribution in [0, 0.1) is 0 Å². The molecule has 252 valence electrons. The third-order valence-corrected chi connectivity index (χ3v) is 12.1. The predicted molar refractivity (Wildman–Crippen MR) is 130 cm³/mol. The number of anilines is 1. The molecular weight excluding hydrogens is 833 g/mol. The molecule has 0 aromatic heterocycles. The van der Waals surface area contributed by atoms with E-state index in [4.69, 9.17) is 23.6 Å². The first-order chi connectivity index (χ1) is 19.2. The van der Waals surface area contributed by atoms with Crippen molar-refractivity contribution in [2.24, 2.45) is 0 Å². The summed E-state index contributed by atoms with van der Waals surface area (Å²) in [5.41, 5.74) is -11.7. The Kier molecular flexibility index (Phi) is 11.8. The fraction of sp³-hybridized carbons (Fsp3) is 0.750. The summed E-state index contributed by atoms with van der Waals surface area (Å²) in [6.07, 6.45) is -23.2. The topological polar surface area (TPSA) is 30.9 Å². The zero-order chi connectivity index (χ0) is 33.4. The average molecular weight is 862 g/mol. The van der Waals surface area contributed by atoms with Crippen molar-refractivity contribution in [2.45, 2.75) is 88.3 Å². The van der Waals surface area contributed by atoms with E-state index < -0.39 is 81.3 Å². The van der Waals surface area contributed by atoms with Gasteiger partial charge in [-0.25, -0.2) is 0 Å². The van der Waals surface area contributed by atoms with Gasteiger partial charge in [-0.2, -0.15) is 0 Å². The van der Waals surface area contributed by atoms with Gasteiger partial charge in [-0.1, -0.05) is 0 Å². The van der Waals surface area contributed by atoms with E-state index >= 15 is 0 Å². The number of para-hydroxylation sites is 1. The molecule has 2 heterocycles. The predicted octanol–water partition coefficient (Wildman–Crippen LogP) is 9.60. The molecule has 0 unspecified atom stereocenters. The van der Waals surface area contributed by atoms with Crippen molar-refractivity contribution in [3.05, 3.63) is 29.3 Å². The number of benzene rings is 1. The second-order valence-corrected chi connectivity index (χ2v) is 22.3. The number of halogens is 14. The van der Waals surface area contributed by atoms with Crippen molar-refractivity contribution in [3.63, 3.8) is 0 Å². The summed E-state index contributed by atoms with van der Waals surface area (Å²) in [6, 6.07) is 3.67. The molecule has 2 fully saturated rings. The minimum atomic E-state index is -7.47. The molecule has 3 rings (SSSR count). The first-order valence-electron chi connectivity index (χ1n) is 12.6. The summed E-state index contributed by atoms with van der Waals surface area (Å²) in [5.74, 6) is -1.51. The Labute approximate surface area is 251 Å². The van der Waals surface area contributed by atoms with Crippen LogP contribution < -0.4 is 4.90 Å². The van der Waals surface area contributed by atoms with E-state index in [0.717, 1.165) is 13.2 Å². The molecule has 1 aromatic carbocycles. The van der Waals surface area contributed by atoms with E-state index in [-0.39, 0.29) is 16.0 Å². The summed E-state index contributed by atoms with van der Waals surface area (Å²) in [6.45, 7) is 2.47. The molecule has 43 heavy (non-hydrogen) atoms. The summed E-state index contributed by atoms with van der Waals surface area (Å²) in [5, 5.41) is 0. The van der Waals surface area contributed by atoms with E-state index in [0.29, 0.717) is 0 Å². The van der Waals surface area contributed by atoms with Gasteiger partial charge in [0.15, 0.2) is 0 Å². The van der Waals surface area contributed by atoms with Crippen LogP contribution >= 0.6 is 18.8 Å². The van der Waals surface area contributed by atoms with Crippen LogP contribution in [-0.4, -0.2) is 62.2 Å².